The Kier molecular flexibility index (Phi) is 7.28. The molecule has 35 heavy (non-hydrogen) atoms. The quantitative estimate of drug-likeness (QED) is 0.523. The van der Waals surface area contributed by atoms with Crippen LogP contribution in [-0.4, -0.2) is 30.3 Å². The summed E-state index contributed by atoms with van der Waals surface area (Å²) in [5.74, 6) is -0.836. The minimum absolute atomic E-state index is 0.0137. The van der Waals surface area contributed by atoms with Gasteiger partial charge in [-0.1, -0.05) is 18.2 Å². The maximum atomic E-state index is 13.5. The van der Waals surface area contributed by atoms with Gasteiger partial charge in [0.1, 0.15) is 17.4 Å². The van der Waals surface area contributed by atoms with Crippen molar-refractivity contribution in [1.29, 1.82) is 0 Å². The number of anilines is 1. The van der Waals surface area contributed by atoms with Crippen LogP contribution in [-0.2, 0) is 22.1 Å². The highest BCUT2D eigenvalue weighted by Gasteiger charge is 2.40. The lowest BCUT2D eigenvalue weighted by Crippen LogP contribution is -2.54. The Morgan fingerprint density at radius 3 is 2.40 bits per heavy atom. The number of carbonyl (C=O) groups is 2. The summed E-state index contributed by atoms with van der Waals surface area (Å²) in [6.07, 6.45) is -5.56. The van der Waals surface area contributed by atoms with Gasteiger partial charge in [-0.15, -0.1) is 0 Å². The maximum Gasteiger partial charge on any atom is 0.416 e. The van der Waals surface area contributed by atoms with E-state index in [2.05, 4.69) is 10.1 Å². The summed E-state index contributed by atoms with van der Waals surface area (Å²) in [6.45, 7) is 3.40. The average molecular weight is 500 g/mol. The normalized spacial score (nSPS) is 17.1. The van der Waals surface area contributed by atoms with Gasteiger partial charge in [0.05, 0.1) is 11.6 Å². The molecule has 2 aromatic carbocycles. The number of benzene rings is 2. The standard InChI is InChI=1S/C24H25F5N2O4/c1-13(14-6-5-7-17(10-14)34-21(25)26)31-19-12-16(24(27,28)29)9-8-15(19)11-18(20(31)32)30-22(33)35-23(2,3)4/h5-10,12-13,18,21H,11H2,1-4H3,(H,30,33)/t13-,18+/m0/s1. The molecule has 6 nitrogen and oxygen atoms in total. The van der Waals surface area contributed by atoms with Gasteiger partial charge >= 0.3 is 18.9 Å². The molecule has 0 unspecified atom stereocenters. The topological polar surface area (TPSA) is 67.9 Å². The third kappa shape index (κ3) is 6.40. The van der Waals surface area contributed by atoms with Gasteiger partial charge in [-0.25, -0.2) is 4.79 Å². The minimum atomic E-state index is -4.65. The van der Waals surface area contributed by atoms with Crippen LogP contribution >= 0.6 is 0 Å². The van der Waals surface area contributed by atoms with Crippen molar-refractivity contribution in [3.8, 4) is 5.75 Å². The molecule has 3 rings (SSSR count). The number of hydrogen-bond acceptors (Lipinski definition) is 4. The van der Waals surface area contributed by atoms with Gasteiger partial charge in [0.2, 0.25) is 0 Å². The second kappa shape index (κ2) is 9.71. The molecule has 0 bridgehead atoms. The van der Waals surface area contributed by atoms with E-state index in [1.807, 2.05) is 0 Å². The van der Waals surface area contributed by atoms with Crippen molar-refractivity contribution in [1.82, 2.24) is 5.32 Å². The van der Waals surface area contributed by atoms with E-state index in [-0.39, 0.29) is 17.9 Å². The molecule has 0 saturated heterocycles. The molecule has 1 aliphatic rings. The Labute approximate surface area is 199 Å². The molecular formula is C24H25F5N2O4. The molecule has 2 aromatic rings. The Balaban J connectivity index is 2.03. The number of amides is 2. The Hall–Kier alpha value is -3.37. The third-order valence-electron chi connectivity index (χ3n) is 5.28. The molecule has 1 aliphatic heterocycles. The fourth-order valence-corrected chi connectivity index (χ4v) is 3.79. The number of alkyl halides is 5. The van der Waals surface area contributed by atoms with Gasteiger partial charge in [-0.05, 0) is 63.1 Å². The Morgan fingerprint density at radius 1 is 1.11 bits per heavy atom. The van der Waals surface area contributed by atoms with Gasteiger partial charge in [0.15, 0.2) is 0 Å². The van der Waals surface area contributed by atoms with Crippen molar-refractivity contribution in [3.63, 3.8) is 0 Å². The van der Waals surface area contributed by atoms with Crippen molar-refractivity contribution in [2.45, 2.75) is 64.6 Å². The summed E-state index contributed by atoms with van der Waals surface area (Å²) < 4.78 is 75.2. The summed E-state index contributed by atoms with van der Waals surface area (Å²) >= 11 is 0. The van der Waals surface area contributed by atoms with Crippen LogP contribution in [0, 0.1) is 0 Å². The minimum Gasteiger partial charge on any atom is -0.444 e. The first-order valence-electron chi connectivity index (χ1n) is 10.7. The molecule has 1 N–H and O–H groups in total. The Bertz CT molecular complexity index is 1100. The van der Waals surface area contributed by atoms with Crippen LogP contribution in [0.15, 0.2) is 42.5 Å². The van der Waals surface area contributed by atoms with Gasteiger partial charge in [0.25, 0.3) is 5.91 Å². The smallest absolute Gasteiger partial charge is 0.416 e. The monoisotopic (exact) mass is 500 g/mol. The molecule has 0 spiro atoms. The van der Waals surface area contributed by atoms with E-state index in [1.165, 1.54) is 30.3 Å². The number of nitrogens with zero attached hydrogens (tertiary/aromatic N) is 1. The van der Waals surface area contributed by atoms with Crippen LogP contribution < -0.4 is 15.0 Å². The molecule has 0 saturated carbocycles. The first-order chi connectivity index (χ1) is 16.2. The molecule has 0 aliphatic carbocycles. The van der Waals surface area contributed by atoms with Crippen LogP contribution in [0.3, 0.4) is 0 Å². The average Bonchev–Trinajstić information content (AvgIpc) is 2.71. The van der Waals surface area contributed by atoms with Crippen LogP contribution in [0.4, 0.5) is 32.4 Å². The molecule has 1 heterocycles. The molecule has 2 amide bonds. The second-order valence-corrected chi connectivity index (χ2v) is 9.08. The van der Waals surface area contributed by atoms with Crippen molar-refractivity contribution in [3.05, 3.63) is 59.2 Å². The molecule has 0 radical (unpaired) electrons. The first-order valence-corrected chi connectivity index (χ1v) is 10.7. The highest BCUT2D eigenvalue weighted by Crippen LogP contribution is 2.40. The number of rotatable bonds is 5. The zero-order chi connectivity index (χ0) is 26.1. The van der Waals surface area contributed by atoms with Crippen molar-refractivity contribution in [2.75, 3.05) is 4.90 Å². The van der Waals surface area contributed by atoms with Crippen molar-refractivity contribution >= 4 is 17.7 Å². The number of nitrogens with one attached hydrogen (secondary N) is 1. The van der Waals surface area contributed by atoms with E-state index < -0.39 is 48.0 Å². The SMILES string of the molecule is C[C@@H](c1cccc(OC(F)F)c1)N1C(=O)[C@H](NC(=O)OC(C)(C)C)Cc2ccc(C(F)(F)F)cc21. The fourth-order valence-electron chi connectivity index (χ4n) is 3.79. The fraction of sp³-hybridized carbons (Fsp3) is 0.417. The summed E-state index contributed by atoms with van der Waals surface area (Å²) in [5.41, 5.74) is -1.03. The molecule has 2 atom stereocenters. The van der Waals surface area contributed by atoms with E-state index in [0.717, 1.165) is 17.0 Å². The van der Waals surface area contributed by atoms with E-state index in [9.17, 15) is 31.5 Å². The lowest BCUT2D eigenvalue weighted by molar-refractivity contribution is -0.137. The maximum absolute atomic E-state index is 13.5. The summed E-state index contributed by atoms with van der Waals surface area (Å²) in [4.78, 5) is 26.9. The number of fused-ring (bicyclic) bond motifs is 1. The number of hydrogen-bond donors (Lipinski definition) is 1. The van der Waals surface area contributed by atoms with Crippen LogP contribution in [0.25, 0.3) is 0 Å². The number of carbonyl (C=O) groups excluding carboxylic acids is 2. The zero-order valence-electron chi connectivity index (χ0n) is 19.5. The van der Waals surface area contributed by atoms with E-state index in [1.54, 1.807) is 27.7 Å². The van der Waals surface area contributed by atoms with E-state index in [4.69, 9.17) is 4.74 Å². The van der Waals surface area contributed by atoms with E-state index in [0.29, 0.717) is 11.1 Å². The highest BCUT2D eigenvalue weighted by atomic mass is 19.4. The van der Waals surface area contributed by atoms with E-state index >= 15 is 0 Å². The highest BCUT2D eigenvalue weighted by molar-refractivity contribution is 6.02. The van der Waals surface area contributed by atoms with Crippen molar-refractivity contribution in [2.24, 2.45) is 0 Å². The third-order valence-corrected chi connectivity index (χ3v) is 5.28. The molecule has 11 heteroatoms. The Morgan fingerprint density at radius 2 is 1.80 bits per heavy atom. The van der Waals surface area contributed by atoms with Crippen LogP contribution in [0.2, 0.25) is 0 Å². The second-order valence-electron chi connectivity index (χ2n) is 9.08. The largest absolute Gasteiger partial charge is 0.444 e. The summed E-state index contributed by atoms with van der Waals surface area (Å²) in [5, 5.41) is 2.49. The molecular weight excluding hydrogens is 475 g/mol. The van der Waals surface area contributed by atoms with Crippen molar-refractivity contribution < 1.29 is 41.0 Å². The number of alkyl carbamates (subject to hydrolysis) is 1. The van der Waals surface area contributed by atoms with Gasteiger partial charge in [0, 0.05) is 12.1 Å². The van der Waals surface area contributed by atoms with Crippen LogP contribution in [0.1, 0.15) is 50.4 Å². The summed E-state index contributed by atoms with van der Waals surface area (Å²) in [6, 6.07) is 6.57. The zero-order valence-corrected chi connectivity index (χ0v) is 19.5. The molecule has 0 fully saturated rings. The summed E-state index contributed by atoms with van der Waals surface area (Å²) in [7, 11) is 0. The first kappa shape index (κ1) is 26.2. The number of ether oxygens (including phenoxy) is 2. The predicted octanol–water partition coefficient (Wildman–Crippen LogP) is 5.85. The molecule has 190 valence electrons. The lowest BCUT2D eigenvalue weighted by Gasteiger charge is -2.39. The van der Waals surface area contributed by atoms with Gasteiger partial charge in [-0.2, -0.15) is 22.0 Å². The number of halogens is 5. The van der Waals surface area contributed by atoms with Gasteiger partial charge in [-0.3, -0.25) is 4.79 Å². The molecule has 0 aromatic heterocycles. The lowest BCUT2D eigenvalue weighted by atomic mass is 9.92. The predicted molar refractivity (Wildman–Crippen MR) is 117 cm³/mol. The van der Waals surface area contributed by atoms with Gasteiger partial charge < -0.3 is 19.7 Å². The van der Waals surface area contributed by atoms with Crippen LogP contribution in [0.5, 0.6) is 5.75 Å².